The van der Waals surface area contributed by atoms with Crippen LogP contribution < -0.4 is 5.32 Å². The van der Waals surface area contributed by atoms with Gasteiger partial charge in [0, 0.05) is 6.42 Å². The van der Waals surface area contributed by atoms with E-state index in [4.69, 9.17) is 9.84 Å². The van der Waals surface area contributed by atoms with Gasteiger partial charge in [0.05, 0.1) is 0 Å². The first-order chi connectivity index (χ1) is 9.99. The van der Waals surface area contributed by atoms with E-state index in [0.717, 1.165) is 0 Å². The van der Waals surface area contributed by atoms with E-state index in [9.17, 15) is 22.8 Å². The molecule has 0 bridgehead atoms. The second-order valence-electron chi connectivity index (χ2n) is 5.61. The summed E-state index contributed by atoms with van der Waals surface area (Å²) in [6, 6.07) is -0.130. The van der Waals surface area contributed by atoms with E-state index in [1.54, 1.807) is 20.8 Å². The lowest BCUT2D eigenvalue weighted by molar-refractivity contribution is -0.139. The highest BCUT2D eigenvalue weighted by atomic mass is 19.2. The molecule has 0 radical (unpaired) electrons. The molecule has 0 fully saturated rings. The second kappa shape index (κ2) is 6.67. The predicted octanol–water partition coefficient (Wildman–Crippen LogP) is 2.62. The average Bonchev–Trinajstić information content (AvgIpc) is 2.32. The van der Waals surface area contributed by atoms with Gasteiger partial charge in [-0.05, 0) is 38.5 Å². The first-order valence-corrected chi connectivity index (χ1v) is 6.35. The van der Waals surface area contributed by atoms with E-state index in [-0.39, 0.29) is 5.56 Å². The Balaban J connectivity index is 2.85. The number of alkyl carbamates (subject to hydrolysis) is 1. The molecule has 0 saturated heterocycles. The maximum Gasteiger partial charge on any atom is 0.408 e. The van der Waals surface area contributed by atoms with Crippen LogP contribution in [-0.4, -0.2) is 28.8 Å². The minimum absolute atomic E-state index is 0.111. The van der Waals surface area contributed by atoms with E-state index < -0.39 is 47.6 Å². The minimum atomic E-state index is -1.64. The number of nitrogens with one attached hydrogen (secondary N) is 1. The quantitative estimate of drug-likeness (QED) is 0.837. The number of hydrogen-bond donors (Lipinski definition) is 2. The zero-order valence-corrected chi connectivity index (χ0v) is 12.2. The van der Waals surface area contributed by atoms with Crippen molar-refractivity contribution in [2.75, 3.05) is 0 Å². The Morgan fingerprint density at radius 1 is 1.23 bits per heavy atom. The molecular formula is C14H16F3NO4. The fraction of sp³-hybridized carbons (Fsp3) is 0.429. The molecule has 0 saturated carbocycles. The maximum atomic E-state index is 13.1. The van der Waals surface area contributed by atoms with Gasteiger partial charge in [0.1, 0.15) is 11.6 Å². The first-order valence-electron chi connectivity index (χ1n) is 6.35. The fourth-order valence-electron chi connectivity index (χ4n) is 1.61. The molecular weight excluding hydrogens is 303 g/mol. The lowest BCUT2D eigenvalue weighted by Gasteiger charge is -2.22. The lowest BCUT2D eigenvalue weighted by atomic mass is 10.1. The van der Waals surface area contributed by atoms with Crippen LogP contribution in [0.4, 0.5) is 18.0 Å². The summed E-state index contributed by atoms with van der Waals surface area (Å²) in [7, 11) is 0. The molecule has 8 heteroatoms. The van der Waals surface area contributed by atoms with Gasteiger partial charge in [-0.2, -0.15) is 0 Å². The third kappa shape index (κ3) is 5.27. The number of amides is 1. The Bertz CT molecular complexity index is 561. The number of rotatable bonds is 4. The lowest BCUT2D eigenvalue weighted by Crippen LogP contribution is -2.44. The molecule has 1 amide bonds. The van der Waals surface area contributed by atoms with E-state index in [1.807, 2.05) is 0 Å². The summed E-state index contributed by atoms with van der Waals surface area (Å²) in [6.07, 6.45) is -1.41. The molecule has 5 nitrogen and oxygen atoms in total. The highest BCUT2D eigenvalue weighted by Crippen LogP contribution is 2.15. The SMILES string of the molecule is CC(C)(C)OC(=O)N[C@@H](Cc1cc(F)c(F)c(F)c1)C(=O)O. The van der Waals surface area contributed by atoms with Crippen molar-refractivity contribution in [3.05, 3.63) is 35.1 Å². The standard InChI is InChI=1S/C14H16F3NO4/c1-14(2,3)22-13(21)18-10(12(19)20)6-7-4-8(15)11(17)9(16)5-7/h4-5,10H,6H2,1-3H3,(H,18,21)(H,19,20)/t10-/m0/s1. The highest BCUT2D eigenvalue weighted by Gasteiger charge is 2.25. The van der Waals surface area contributed by atoms with Crippen LogP contribution in [0.2, 0.25) is 0 Å². The summed E-state index contributed by atoms with van der Waals surface area (Å²) in [4.78, 5) is 22.7. The molecule has 0 heterocycles. The summed E-state index contributed by atoms with van der Waals surface area (Å²) >= 11 is 0. The van der Waals surface area contributed by atoms with Crippen molar-refractivity contribution in [3.63, 3.8) is 0 Å². The maximum absolute atomic E-state index is 13.1. The van der Waals surface area contributed by atoms with Crippen LogP contribution in [0.3, 0.4) is 0 Å². The topological polar surface area (TPSA) is 75.6 Å². The van der Waals surface area contributed by atoms with E-state index in [2.05, 4.69) is 5.32 Å². The van der Waals surface area contributed by atoms with Crippen LogP contribution in [0.1, 0.15) is 26.3 Å². The summed E-state index contributed by atoms with van der Waals surface area (Å²) in [5.41, 5.74) is -0.943. The van der Waals surface area contributed by atoms with Crippen LogP contribution in [0.5, 0.6) is 0 Å². The Morgan fingerprint density at radius 2 is 1.73 bits per heavy atom. The zero-order valence-electron chi connectivity index (χ0n) is 12.2. The Morgan fingerprint density at radius 3 is 2.14 bits per heavy atom. The van der Waals surface area contributed by atoms with Gasteiger partial charge in [-0.25, -0.2) is 22.8 Å². The molecule has 0 aromatic heterocycles. The van der Waals surface area contributed by atoms with Crippen LogP contribution in [0, 0.1) is 17.5 Å². The molecule has 2 N–H and O–H groups in total. The molecule has 1 aromatic carbocycles. The van der Waals surface area contributed by atoms with Crippen molar-refractivity contribution < 1.29 is 32.6 Å². The molecule has 0 aliphatic rings. The van der Waals surface area contributed by atoms with E-state index in [0.29, 0.717) is 12.1 Å². The van der Waals surface area contributed by atoms with E-state index >= 15 is 0 Å². The third-order valence-corrected chi connectivity index (χ3v) is 2.47. The van der Waals surface area contributed by atoms with Crippen LogP contribution in [0.15, 0.2) is 12.1 Å². The number of carboxylic acids is 1. The van der Waals surface area contributed by atoms with Crippen molar-refractivity contribution in [2.45, 2.75) is 38.8 Å². The number of halogens is 3. The molecule has 0 aliphatic heterocycles. The monoisotopic (exact) mass is 319 g/mol. The van der Waals surface area contributed by atoms with Crippen molar-refractivity contribution in [1.82, 2.24) is 5.32 Å². The molecule has 0 spiro atoms. The van der Waals surface area contributed by atoms with Gasteiger partial charge in [0.15, 0.2) is 17.5 Å². The Kier molecular flexibility index (Phi) is 5.40. The van der Waals surface area contributed by atoms with Crippen molar-refractivity contribution in [3.8, 4) is 0 Å². The number of aliphatic carboxylic acids is 1. The molecule has 0 unspecified atom stereocenters. The predicted molar refractivity (Wildman–Crippen MR) is 70.8 cm³/mol. The van der Waals surface area contributed by atoms with Crippen LogP contribution >= 0.6 is 0 Å². The van der Waals surface area contributed by atoms with Crippen LogP contribution in [-0.2, 0) is 16.0 Å². The van der Waals surface area contributed by atoms with Gasteiger partial charge in [0.2, 0.25) is 0 Å². The number of hydrogen-bond acceptors (Lipinski definition) is 3. The number of carbonyl (C=O) groups excluding carboxylic acids is 1. The van der Waals surface area contributed by atoms with Crippen molar-refractivity contribution in [1.29, 1.82) is 0 Å². The van der Waals surface area contributed by atoms with Crippen LogP contribution in [0.25, 0.3) is 0 Å². The summed E-state index contributed by atoms with van der Waals surface area (Å²) in [5, 5.41) is 11.1. The summed E-state index contributed by atoms with van der Waals surface area (Å²) in [5.74, 6) is -5.93. The normalized spacial score (nSPS) is 12.6. The van der Waals surface area contributed by atoms with Crippen molar-refractivity contribution in [2.24, 2.45) is 0 Å². The number of carboxylic acid groups (broad SMARTS) is 1. The Labute approximate surface area is 125 Å². The van der Waals surface area contributed by atoms with Gasteiger partial charge in [-0.3, -0.25) is 0 Å². The third-order valence-electron chi connectivity index (χ3n) is 2.47. The summed E-state index contributed by atoms with van der Waals surface area (Å²) < 4.78 is 44.0. The fourth-order valence-corrected chi connectivity index (χ4v) is 1.61. The molecule has 22 heavy (non-hydrogen) atoms. The summed E-state index contributed by atoms with van der Waals surface area (Å²) in [6.45, 7) is 4.77. The smallest absolute Gasteiger partial charge is 0.408 e. The number of carbonyl (C=O) groups is 2. The van der Waals surface area contributed by atoms with Crippen molar-refractivity contribution >= 4 is 12.1 Å². The Hall–Kier alpha value is -2.25. The molecule has 0 aliphatic carbocycles. The molecule has 1 rings (SSSR count). The second-order valence-corrected chi connectivity index (χ2v) is 5.61. The van der Waals surface area contributed by atoms with E-state index in [1.165, 1.54) is 0 Å². The largest absolute Gasteiger partial charge is 0.480 e. The number of ether oxygens (including phenoxy) is 1. The molecule has 1 aromatic rings. The van der Waals surface area contributed by atoms with Gasteiger partial charge in [-0.1, -0.05) is 0 Å². The minimum Gasteiger partial charge on any atom is -0.480 e. The molecule has 1 atom stereocenters. The number of benzene rings is 1. The highest BCUT2D eigenvalue weighted by molar-refractivity contribution is 5.80. The van der Waals surface area contributed by atoms with Gasteiger partial charge in [-0.15, -0.1) is 0 Å². The molecule has 122 valence electrons. The average molecular weight is 319 g/mol. The first kappa shape index (κ1) is 17.8. The van der Waals surface area contributed by atoms with Gasteiger partial charge < -0.3 is 15.2 Å². The van der Waals surface area contributed by atoms with Gasteiger partial charge in [0.25, 0.3) is 0 Å². The zero-order chi connectivity index (χ0) is 17.1. The van der Waals surface area contributed by atoms with Gasteiger partial charge >= 0.3 is 12.1 Å².